The van der Waals surface area contributed by atoms with Crippen molar-refractivity contribution in [3.63, 3.8) is 0 Å². The van der Waals surface area contributed by atoms with Crippen LogP contribution in [0.4, 0.5) is 5.69 Å². The van der Waals surface area contributed by atoms with E-state index in [2.05, 4.69) is 58.1 Å². The van der Waals surface area contributed by atoms with Gasteiger partial charge in [-0.1, -0.05) is 18.2 Å². The van der Waals surface area contributed by atoms with Crippen LogP contribution in [-0.4, -0.2) is 24.1 Å². The Morgan fingerprint density at radius 3 is 2.80 bits per heavy atom. The molecule has 0 radical (unpaired) electrons. The first kappa shape index (κ1) is 16.1. The molecule has 1 fully saturated rings. The van der Waals surface area contributed by atoms with Crippen molar-refractivity contribution in [1.82, 2.24) is 10.3 Å². The summed E-state index contributed by atoms with van der Waals surface area (Å²) in [6.07, 6.45) is 6.11. The van der Waals surface area contributed by atoms with Crippen molar-refractivity contribution in [3.8, 4) is 11.1 Å². The third-order valence-corrected chi connectivity index (χ3v) is 4.95. The largest absolute Gasteiger partial charge is 0.382 e. The second-order valence-corrected chi connectivity index (χ2v) is 6.69. The van der Waals surface area contributed by atoms with E-state index in [0.29, 0.717) is 12.6 Å². The lowest BCUT2D eigenvalue weighted by Crippen LogP contribution is -2.35. The van der Waals surface area contributed by atoms with Gasteiger partial charge in [-0.15, -0.1) is 0 Å². The maximum atomic E-state index is 5.81. The molecule has 2 heterocycles. The monoisotopic (exact) mass is 332 g/mol. The van der Waals surface area contributed by atoms with E-state index < -0.39 is 0 Å². The molecule has 0 spiro atoms. The van der Waals surface area contributed by atoms with Crippen LogP contribution in [0.5, 0.6) is 0 Å². The van der Waals surface area contributed by atoms with Gasteiger partial charge in [0.15, 0.2) is 0 Å². The Balaban J connectivity index is 1.77. The van der Waals surface area contributed by atoms with Crippen LogP contribution in [0.2, 0.25) is 0 Å². The highest BCUT2D eigenvalue weighted by atomic mass is 15.0. The Morgan fingerprint density at radius 2 is 1.96 bits per heavy atom. The van der Waals surface area contributed by atoms with Crippen LogP contribution in [0.25, 0.3) is 21.9 Å². The molecule has 0 saturated carbocycles. The molecule has 0 atom stereocenters. The standard InChI is InChI=1S/C21H24N4/c22-13-15-2-1-3-16(10-15)18-11-17-4-7-24-14-20(17)21(12-18)25-19-5-8-23-9-6-19/h1-4,7,10-12,14,19,23,25H,5-6,8-9,13,22H2. The normalized spacial score (nSPS) is 15.4. The highest BCUT2D eigenvalue weighted by Gasteiger charge is 2.15. The highest BCUT2D eigenvalue weighted by Crippen LogP contribution is 2.32. The van der Waals surface area contributed by atoms with Crippen LogP contribution in [0.15, 0.2) is 54.9 Å². The van der Waals surface area contributed by atoms with E-state index in [4.69, 9.17) is 5.73 Å². The zero-order valence-electron chi connectivity index (χ0n) is 14.3. The van der Waals surface area contributed by atoms with Gasteiger partial charge in [0.1, 0.15) is 0 Å². The van der Waals surface area contributed by atoms with E-state index in [1.54, 1.807) is 0 Å². The first-order valence-electron chi connectivity index (χ1n) is 8.98. The number of fused-ring (bicyclic) bond motifs is 1. The molecule has 4 heteroatoms. The average molecular weight is 332 g/mol. The number of piperidine rings is 1. The third-order valence-electron chi connectivity index (χ3n) is 4.95. The fourth-order valence-corrected chi connectivity index (χ4v) is 3.55. The summed E-state index contributed by atoms with van der Waals surface area (Å²) in [5.41, 5.74) is 10.6. The third kappa shape index (κ3) is 3.50. The number of nitrogens with zero attached hydrogens (tertiary/aromatic N) is 1. The van der Waals surface area contributed by atoms with Crippen molar-refractivity contribution >= 4 is 16.5 Å². The van der Waals surface area contributed by atoms with Crippen LogP contribution in [-0.2, 0) is 6.54 Å². The molecular formula is C21H24N4. The van der Waals surface area contributed by atoms with Gasteiger partial charge >= 0.3 is 0 Å². The van der Waals surface area contributed by atoms with Gasteiger partial charge < -0.3 is 16.4 Å². The Kier molecular flexibility index (Phi) is 4.63. The molecule has 3 aromatic rings. The minimum absolute atomic E-state index is 0.510. The van der Waals surface area contributed by atoms with Gasteiger partial charge in [0.05, 0.1) is 0 Å². The minimum Gasteiger partial charge on any atom is -0.382 e. The van der Waals surface area contributed by atoms with E-state index in [-0.39, 0.29) is 0 Å². The van der Waals surface area contributed by atoms with Crippen molar-refractivity contribution in [2.75, 3.05) is 18.4 Å². The van der Waals surface area contributed by atoms with Crippen LogP contribution in [0, 0.1) is 0 Å². The van der Waals surface area contributed by atoms with E-state index in [0.717, 1.165) is 31.5 Å². The molecule has 2 aromatic carbocycles. The van der Waals surface area contributed by atoms with Crippen LogP contribution in [0.1, 0.15) is 18.4 Å². The lowest BCUT2D eigenvalue weighted by atomic mass is 9.98. The Labute approximate surface area is 148 Å². The number of aromatic nitrogens is 1. The van der Waals surface area contributed by atoms with Gasteiger partial charge in [0.25, 0.3) is 0 Å². The SMILES string of the molecule is NCc1cccc(-c2cc(NC3CCNCC3)c3cnccc3c2)c1. The van der Waals surface area contributed by atoms with Crippen LogP contribution in [0.3, 0.4) is 0 Å². The van der Waals surface area contributed by atoms with Gasteiger partial charge in [0.2, 0.25) is 0 Å². The second kappa shape index (κ2) is 7.21. The minimum atomic E-state index is 0.510. The summed E-state index contributed by atoms with van der Waals surface area (Å²) in [7, 11) is 0. The number of rotatable bonds is 4. The number of hydrogen-bond acceptors (Lipinski definition) is 4. The van der Waals surface area contributed by atoms with Gasteiger partial charge in [-0.05, 0) is 72.3 Å². The molecule has 1 aliphatic rings. The van der Waals surface area contributed by atoms with Crippen LogP contribution < -0.4 is 16.4 Å². The molecule has 0 amide bonds. The Morgan fingerprint density at radius 1 is 1.08 bits per heavy atom. The quantitative estimate of drug-likeness (QED) is 0.684. The number of anilines is 1. The molecule has 4 N–H and O–H groups in total. The maximum Gasteiger partial charge on any atom is 0.0443 e. The lowest BCUT2D eigenvalue weighted by Gasteiger charge is -2.25. The summed E-state index contributed by atoms with van der Waals surface area (Å²) in [6.45, 7) is 2.71. The van der Waals surface area contributed by atoms with Gasteiger partial charge in [-0.25, -0.2) is 0 Å². The molecule has 0 aliphatic carbocycles. The highest BCUT2D eigenvalue weighted by molar-refractivity contribution is 5.97. The molecule has 0 unspecified atom stereocenters. The molecule has 1 saturated heterocycles. The zero-order valence-corrected chi connectivity index (χ0v) is 14.3. The number of hydrogen-bond donors (Lipinski definition) is 3. The van der Waals surface area contributed by atoms with E-state index in [1.807, 2.05) is 12.4 Å². The van der Waals surface area contributed by atoms with Gasteiger partial charge in [-0.3, -0.25) is 4.98 Å². The summed E-state index contributed by atoms with van der Waals surface area (Å²) in [5, 5.41) is 9.57. The summed E-state index contributed by atoms with van der Waals surface area (Å²) < 4.78 is 0. The van der Waals surface area contributed by atoms with Crippen molar-refractivity contribution < 1.29 is 0 Å². The maximum absolute atomic E-state index is 5.81. The molecule has 4 nitrogen and oxygen atoms in total. The molecule has 128 valence electrons. The number of nitrogens with two attached hydrogens (primary N) is 1. The predicted molar refractivity (Wildman–Crippen MR) is 105 cm³/mol. The Hall–Kier alpha value is -2.43. The van der Waals surface area contributed by atoms with E-state index >= 15 is 0 Å². The summed E-state index contributed by atoms with van der Waals surface area (Å²) in [5.74, 6) is 0. The molecule has 4 rings (SSSR count). The van der Waals surface area contributed by atoms with Crippen molar-refractivity contribution in [3.05, 3.63) is 60.4 Å². The second-order valence-electron chi connectivity index (χ2n) is 6.69. The van der Waals surface area contributed by atoms with Crippen molar-refractivity contribution in [1.29, 1.82) is 0 Å². The summed E-state index contributed by atoms with van der Waals surface area (Å²) in [6, 6.07) is 15.6. The fourth-order valence-electron chi connectivity index (χ4n) is 3.55. The summed E-state index contributed by atoms with van der Waals surface area (Å²) in [4.78, 5) is 4.33. The fraction of sp³-hybridized carbons (Fsp3) is 0.286. The number of nitrogens with one attached hydrogen (secondary N) is 2. The Bertz CT molecular complexity index is 869. The van der Waals surface area contributed by atoms with Crippen molar-refractivity contribution in [2.45, 2.75) is 25.4 Å². The predicted octanol–water partition coefficient (Wildman–Crippen LogP) is 3.52. The first-order chi connectivity index (χ1) is 12.3. The lowest BCUT2D eigenvalue weighted by molar-refractivity contribution is 0.479. The van der Waals surface area contributed by atoms with Crippen LogP contribution >= 0.6 is 0 Å². The van der Waals surface area contributed by atoms with Crippen molar-refractivity contribution in [2.24, 2.45) is 5.73 Å². The topological polar surface area (TPSA) is 63.0 Å². The number of benzene rings is 2. The zero-order chi connectivity index (χ0) is 17.1. The van der Waals surface area contributed by atoms with Gasteiger partial charge in [-0.2, -0.15) is 0 Å². The molecule has 0 bridgehead atoms. The number of pyridine rings is 1. The summed E-state index contributed by atoms with van der Waals surface area (Å²) >= 11 is 0. The van der Waals surface area contributed by atoms with E-state index in [9.17, 15) is 0 Å². The average Bonchev–Trinajstić information content (AvgIpc) is 2.69. The molecular weight excluding hydrogens is 308 g/mol. The molecule has 25 heavy (non-hydrogen) atoms. The van der Waals surface area contributed by atoms with Gasteiger partial charge in [0, 0.05) is 36.1 Å². The smallest absolute Gasteiger partial charge is 0.0443 e. The first-order valence-corrected chi connectivity index (χ1v) is 8.98. The molecule has 1 aromatic heterocycles. The molecule has 1 aliphatic heterocycles. The van der Waals surface area contributed by atoms with E-state index in [1.165, 1.54) is 27.6 Å².